The summed E-state index contributed by atoms with van der Waals surface area (Å²) in [5.74, 6) is 1.61. The Labute approximate surface area is 121 Å². The molecule has 0 amide bonds. The smallest absolute Gasteiger partial charge is 0.252 e. The molecule has 0 saturated heterocycles. The molecule has 3 aromatic rings. The van der Waals surface area contributed by atoms with E-state index in [1.807, 2.05) is 26.0 Å². The van der Waals surface area contributed by atoms with Gasteiger partial charge in [-0.1, -0.05) is 0 Å². The van der Waals surface area contributed by atoms with Gasteiger partial charge in [-0.15, -0.1) is 5.10 Å². The van der Waals surface area contributed by atoms with Crippen molar-refractivity contribution in [2.24, 2.45) is 5.73 Å². The molecule has 0 aliphatic heterocycles. The quantitative estimate of drug-likeness (QED) is 0.780. The van der Waals surface area contributed by atoms with Crippen LogP contribution in [0.5, 0.6) is 0 Å². The van der Waals surface area contributed by atoms with Gasteiger partial charge in [0.2, 0.25) is 0 Å². The number of aryl methyl sites for hydroxylation is 1. The average Bonchev–Trinajstić information content (AvgIpc) is 2.94. The number of nitrogens with two attached hydrogens (primary N) is 1. The lowest BCUT2D eigenvalue weighted by molar-refractivity contribution is 0.669. The van der Waals surface area contributed by atoms with Crippen LogP contribution >= 0.6 is 0 Å². The molecule has 2 N–H and O–H groups in total. The zero-order valence-electron chi connectivity index (χ0n) is 11.8. The highest BCUT2D eigenvalue weighted by Gasteiger charge is 2.17. The summed E-state index contributed by atoms with van der Waals surface area (Å²) in [7, 11) is 0. The van der Waals surface area contributed by atoms with Crippen LogP contribution in [0, 0.1) is 6.92 Å². The van der Waals surface area contributed by atoms with E-state index in [1.165, 1.54) is 0 Å². The predicted octanol–water partition coefficient (Wildman–Crippen LogP) is 1.45. The van der Waals surface area contributed by atoms with Crippen LogP contribution < -0.4 is 5.73 Å². The van der Waals surface area contributed by atoms with Gasteiger partial charge < -0.3 is 5.73 Å². The SMILES string of the molecule is Cc1ccc(-c2nc(C(C)N)n(-c3ncccn3)n2)cn1. The van der Waals surface area contributed by atoms with Gasteiger partial charge >= 0.3 is 0 Å². The van der Waals surface area contributed by atoms with Gasteiger partial charge in [0.05, 0.1) is 6.04 Å². The molecule has 0 bridgehead atoms. The van der Waals surface area contributed by atoms with Crippen molar-refractivity contribution in [2.75, 3.05) is 0 Å². The van der Waals surface area contributed by atoms with Crippen molar-refractivity contribution in [1.29, 1.82) is 0 Å². The maximum Gasteiger partial charge on any atom is 0.252 e. The molecule has 0 fully saturated rings. The number of pyridine rings is 1. The zero-order chi connectivity index (χ0) is 14.8. The minimum Gasteiger partial charge on any atom is -0.322 e. The second-order valence-corrected chi connectivity index (χ2v) is 4.73. The lowest BCUT2D eigenvalue weighted by Crippen LogP contribution is -2.14. The maximum atomic E-state index is 5.97. The van der Waals surface area contributed by atoms with Gasteiger partial charge in [0.1, 0.15) is 0 Å². The number of hydrogen-bond donors (Lipinski definition) is 1. The first-order valence-corrected chi connectivity index (χ1v) is 6.58. The average molecular weight is 281 g/mol. The molecule has 3 rings (SSSR count). The van der Waals surface area contributed by atoms with Crippen molar-refractivity contribution in [2.45, 2.75) is 19.9 Å². The molecule has 3 heterocycles. The van der Waals surface area contributed by atoms with E-state index >= 15 is 0 Å². The van der Waals surface area contributed by atoms with Crippen LogP contribution in [0.15, 0.2) is 36.8 Å². The van der Waals surface area contributed by atoms with Crippen LogP contribution in [-0.2, 0) is 0 Å². The summed E-state index contributed by atoms with van der Waals surface area (Å²) in [5.41, 5.74) is 7.75. The largest absolute Gasteiger partial charge is 0.322 e. The van der Waals surface area contributed by atoms with E-state index < -0.39 is 0 Å². The van der Waals surface area contributed by atoms with E-state index in [0.29, 0.717) is 17.6 Å². The fourth-order valence-corrected chi connectivity index (χ4v) is 1.89. The minimum atomic E-state index is -0.284. The Kier molecular flexibility index (Phi) is 3.41. The molecule has 7 heteroatoms. The van der Waals surface area contributed by atoms with E-state index in [9.17, 15) is 0 Å². The molecule has 0 radical (unpaired) electrons. The summed E-state index contributed by atoms with van der Waals surface area (Å²) in [6, 6.07) is 5.31. The Hall–Kier alpha value is -2.67. The monoisotopic (exact) mass is 281 g/mol. The first kappa shape index (κ1) is 13.3. The zero-order valence-corrected chi connectivity index (χ0v) is 11.8. The molecule has 3 aromatic heterocycles. The van der Waals surface area contributed by atoms with Crippen LogP contribution in [-0.4, -0.2) is 29.7 Å². The van der Waals surface area contributed by atoms with Crippen molar-refractivity contribution >= 4 is 0 Å². The van der Waals surface area contributed by atoms with Gasteiger partial charge in [-0.05, 0) is 32.0 Å². The summed E-state index contributed by atoms with van der Waals surface area (Å²) in [6.07, 6.45) is 5.05. The van der Waals surface area contributed by atoms with E-state index in [1.54, 1.807) is 29.3 Å². The lowest BCUT2D eigenvalue weighted by Gasteiger charge is -2.05. The molecular formula is C14H15N7. The van der Waals surface area contributed by atoms with E-state index in [0.717, 1.165) is 11.3 Å². The first-order chi connectivity index (χ1) is 10.1. The highest BCUT2D eigenvalue weighted by Crippen LogP contribution is 2.19. The van der Waals surface area contributed by atoms with Gasteiger partial charge in [-0.25, -0.2) is 15.0 Å². The Morgan fingerprint density at radius 1 is 1.14 bits per heavy atom. The fourth-order valence-electron chi connectivity index (χ4n) is 1.89. The molecule has 106 valence electrons. The van der Waals surface area contributed by atoms with Crippen molar-refractivity contribution in [3.8, 4) is 17.3 Å². The van der Waals surface area contributed by atoms with Crippen LogP contribution in [0.4, 0.5) is 0 Å². The van der Waals surface area contributed by atoms with Crippen LogP contribution in [0.25, 0.3) is 17.3 Å². The second-order valence-electron chi connectivity index (χ2n) is 4.73. The van der Waals surface area contributed by atoms with Crippen molar-refractivity contribution in [3.05, 3.63) is 48.3 Å². The molecule has 21 heavy (non-hydrogen) atoms. The first-order valence-electron chi connectivity index (χ1n) is 6.58. The molecule has 0 aliphatic rings. The molecule has 0 aromatic carbocycles. The Morgan fingerprint density at radius 3 is 2.52 bits per heavy atom. The van der Waals surface area contributed by atoms with Crippen LogP contribution in [0.3, 0.4) is 0 Å². The lowest BCUT2D eigenvalue weighted by atomic mass is 10.2. The minimum absolute atomic E-state index is 0.284. The number of nitrogens with zero attached hydrogens (tertiary/aromatic N) is 6. The third kappa shape index (κ3) is 2.63. The van der Waals surface area contributed by atoms with Gasteiger partial charge in [0, 0.05) is 29.8 Å². The van der Waals surface area contributed by atoms with Crippen molar-refractivity contribution < 1.29 is 0 Å². The van der Waals surface area contributed by atoms with E-state index in [4.69, 9.17) is 5.73 Å². The molecule has 1 unspecified atom stereocenters. The van der Waals surface area contributed by atoms with Gasteiger partial charge in [0.15, 0.2) is 11.6 Å². The summed E-state index contributed by atoms with van der Waals surface area (Å²) in [4.78, 5) is 17.1. The summed E-state index contributed by atoms with van der Waals surface area (Å²) in [5, 5.41) is 4.46. The summed E-state index contributed by atoms with van der Waals surface area (Å²) >= 11 is 0. The van der Waals surface area contributed by atoms with Crippen molar-refractivity contribution in [3.63, 3.8) is 0 Å². The third-order valence-electron chi connectivity index (χ3n) is 2.95. The number of aromatic nitrogens is 6. The van der Waals surface area contributed by atoms with Gasteiger partial charge in [-0.3, -0.25) is 4.98 Å². The number of rotatable bonds is 3. The van der Waals surface area contributed by atoms with Gasteiger partial charge in [0.25, 0.3) is 5.95 Å². The summed E-state index contributed by atoms with van der Waals surface area (Å²) in [6.45, 7) is 3.78. The molecule has 7 nitrogen and oxygen atoms in total. The molecule has 1 atom stereocenters. The van der Waals surface area contributed by atoms with Crippen molar-refractivity contribution in [1.82, 2.24) is 29.7 Å². The molecule has 0 spiro atoms. The second kappa shape index (κ2) is 5.37. The Balaban J connectivity index is 2.11. The van der Waals surface area contributed by atoms with Gasteiger partial charge in [-0.2, -0.15) is 4.68 Å². The highest BCUT2D eigenvalue weighted by atomic mass is 15.4. The van der Waals surface area contributed by atoms with Crippen LogP contribution in [0.1, 0.15) is 24.5 Å². The highest BCUT2D eigenvalue weighted by molar-refractivity contribution is 5.53. The summed E-state index contributed by atoms with van der Waals surface area (Å²) < 4.78 is 1.57. The molecule has 0 aliphatic carbocycles. The standard InChI is InChI=1S/C14H15N7/c1-9-4-5-11(8-18-9)12-19-13(10(2)15)21(20-12)14-16-6-3-7-17-14/h3-8,10H,15H2,1-2H3. The number of hydrogen-bond acceptors (Lipinski definition) is 6. The molecular weight excluding hydrogens is 266 g/mol. The topological polar surface area (TPSA) is 95.4 Å². The Bertz CT molecular complexity index is 732. The van der Waals surface area contributed by atoms with Crippen LogP contribution in [0.2, 0.25) is 0 Å². The van der Waals surface area contributed by atoms with E-state index in [-0.39, 0.29) is 6.04 Å². The molecule has 0 saturated carbocycles. The van der Waals surface area contributed by atoms with E-state index in [2.05, 4.69) is 25.0 Å². The third-order valence-corrected chi connectivity index (χ3v) is 2.95. The predicted molar refractivity (Wildman–Crippen MR) is 77.5 cm³/mol. The normalized spacial score (nSPS) is 12.3. The Morgan fingerprint density at radius 2 is 1.90 bits per heavy atom. The maximum absolute atomic E-state index is 5.97. The fraction of sp³-hybridized carbons (Fsp3) is 0.214.